The molecule has 2 aromatic heterocycles. The number of para-hydroxylation sites is 1. The molecule has 12 nitrogen and oxygen atoms in total. The number of rotatable bonds is 7. The Morgan fingerprint density at radius 1 is 1.12 bits per heavy atom. The van der Waals surface area contributed by atoms with E-state index in [1.54, 1.807) is 37.3 Å². The second kappa shape index (κ2) is 9.02. The molecule has 0 bridgehead atoms. The van der Waals surface area contributed by atoms with Crippen LogP contribution in [0.4, 0.5) is 5.95 Å². The Kier molecular flexibility index (Phi) is 6.30. The van der Waals surface area contributed by atoms with Crippen LogP contribution in [0.15, 0.2) is 34.7 Å². The van der Waals surface area contributed by atoms with Crippen molar-refractivity contribution in [1.82, 2.24) is 14.8 Å². The molecule has 0 spiro atoms. The molecule has 0 radical (unpaired) electrons. The van der Waals surface area contributed by atoms with Gasteiger partial charge in [0.1, 0.15) is 34.3 Å². The van der Waals surface area contributed by atoms with Crippen LogP contribution in [0, 0.1) is 6.92 Å². The summed E-state index contributed by atoms with van der Waals surface area (Å²) in [5.74, 6) is 1.78. The standard InChI is InChI=1S/C20H24N4O8S/c1-11-7-8-16(32-11)18-21-22-20(23-33(27,28)12-9-13(25)19(26)31-10-12)24(18)17-14(29-2)5-4-6-15(17)30-3/h4-8,12-13,19,25-26H,9-10H2,1-3H3,(H,22,23)/t12-,13+,19+/m0/s1. The summed E-state index contributed by atoms with van der Waals surface area (Å²) >= 11 is 0. The number of sulfonamides is 1. The van der Waals surface area contributed by atoms with Crippen molar-refractivity contribution in [2.45, 2.75) is 31.0 Å². The summed E-state index contributed by atoms with van der Waals surface area (Å²) in [4.78, 5) is 0. The number of aryl methyl sites for hydroxylation is 1. The van der Waals surface area contributed by atoms with Gasteiger partial charge in [-0.2, -0.15) is 0 Å². The molecule has 1 fully saturated rings. The maximum absolute atomic E-state index is 13.1. The second-order valence-electron chi connectivity index (χ2n) is 7.40. The Bertz CT molecular complexity index is 1220. The zero-order chi connectivity index (χ0) is 23.8. The highest BCUT2D eigenvalue weighted by Gasteiger charge is 2.37. The molecule has 1 saturated heterocycles. The van der Waals surface area contributed by atoms with Crippen molar-refractivity contribution in [3.63, 3.8) is 0 Å². The van der Waals surface area contributed by atoms with Gasteiger partial charge in [-0.1, -0.05) is 6.07 Å². The Hall–Kier alpha value is -3.13. The van der Waals surface area contributed by atoms with Gasteiger partial charge in [0.25, 0.3) is 0 Å². The first-order valence-electron chi connectivity index (χ1n) is 9.98. The fourth-order valence-corrected chi connectivity index (χ4v) is 4.79. The maximum Gasteiger partial charge on any atom is 0.243 e. The largest absolute Gasteiger partial charge is 0.494 e. The highest BCUT2D eigenvalue weighted by molar-refractivity contribution is 7.93. The predicted octanol–water partition coefficient (Wildman–Crippen LogP) is 1.06. The number of methoxy groups -OCH3 is 2. The number of hydrogen-bond donors (Lipinski definition) is 3. The lowest BCUT2D eigenvalue weighted by Gasteiger charge is -2.29. The number of nitrogens with one attached hydrogen (secondary N) is 1. The number of benzene rings is 1. The summed E-state index contributed by atoms with van der Waals surface area (Å²) < 4.78 is 51.7. The van der Waals surface area contributed by atoms with Crippen LogP contribution in [0.3, 0.4) is 0 Å². The van der Waals surface area contributed by atoms with Gasteiger partial charge in [0.05, 0.1) is 20.8 Å². The first-order chi connectivity index (χ1) is 15.7. The first kappa shape index (κ1) is 23.0. The first-order valence-corrected chi connectivity index (χ1v) is 11.5. The summed E-state index contributed by atoms with van der Waals surface area (Å²) in [5.41, 5.74) is 0.351. The second-order valence-corrected chi connectivity index (χ2v) is 9.36. The highest BCUT2D eigenvalue weighted by Crippen LogP contribution is 2.38. The van der Waals surface area contributed by atoms with Crippen LogP contribution in [0.5, 0.6) is 11.5 Å². The van der Waals surface area contributed by atoms with E-state index in [0.717, 1.165) is 0 Å². The monoisotopic (exact) mass is 480 g/mol. The molecule has 33 heavy (non-hydrogen) atoms. The number of aromatic nitrogens is 3. The van der Waals surface area contributed by atoms with E-state index in [1.807, 2.05) is 0 Å². The smallest absolute Gasteiger partial charge is 0.243 e. The highest BCUT2D eigenvalue weighted by atomic mass is 32.2. The minimum Gasteiger partial charge on any atom is -0.494 e. The maximum atomic E-state index is 13.1. The lowest BCUT2D eigenvalue weighted by atomic mass is 10.1. The average Bonchev–Trinajstić information content (AvgIpc) is 3.40. The van der Waals surface area contributed by atoms with E-state index in [1.165, 1.54) is 18.8 Å². The predicted molar refractivity (Wildman–Crippen MR) is 116 cm³/mol. The number of nitrogens with zero attached hydrogens (tertiary/aromatic N) is 3. The molecule has 3 N–H and O–H groups in total. The SMILES string of the molecule is COc1cccc(OC)c1-n1c(NS(=O)(=O)[C@@H]2CO[C@@H](O)[C@H](O)C2)nnc1-c1ccc(C)o1. The summed E-state index contributed by atoms with van der Waals surface area (Å²) in [6.45, 7) is 1.46. The number of furan rings is 1. The Morgan fingerprint density at radius 2 is 1.82 bits per heavy atom. The molecule has 0 aliphatic carbocycles. The number of hydrogen-bond acceptors (Lipinski definition) is 10. The summed E-state index contributed by atoms with van der Waals surface area (Å²) in [6, 6.07) is 8.50. The molecule has 3 heterocycles. The fraction of sp³-hybridized carbons (Fsp3) is 0.400. The van der Waals surface area contributed by atoms with E-state index in [-0.39, 0.29) is 24.8 Å². The third kappa shape index (κ3) is 4.39. The van der Waals surface area contributed by atoms with Crippen LogP contribution >= 0.6 is 0 Å². The summed E-state index contributed by atoms with van der Waals surface area (Å²) in [5, 5.41) is 26.5. The number of ether oxygens (including phenoxy) is 3. The minimum atomic E-state index is -4.11. The third-order valence-corrected chi connectivity index (χ3v) is 6.88. The molecular weight excluding hydrogens is 456 g/mol. The molecule has 0 amide bonds. The van der Waals surface area contributed by atoms with E-state index >= 15 is 0 Å². The van der Waals surface area contributed by atoms with Crippen LogP contribution in [0.2, 0.25) is 0 Å². The van der Waals surface area contributed by atoms with Crippen molar-refractivity contribution in [2.75, 3.05) is 25.5 Å². The van der Waals surface area contributed by atoms with Gasteiger partial charge in [-0.3, -0.25) is 9.29 Å². The Labute approximate surface area is 189 Å². The van der Waals surface area contributed by atoms with Gasteiger partial charge < -0.3 is 28.8 Å². The van der Waals surface area contributed by atoms with Gasteiger partial charge in [0.15, 0.2) is 12.1 Å². The lowest BCUT2D eigenvalue weighted by molar-refractivity contribution is -0.183. The van der Waals surface area contributed by atoms with Crippen molar-refractivity contribution in [3.8, 4) is 28.8 Å². The molecule has 178 valence electrons. The third-order valence-electron chi connectivity index (χ3n) is 5.21. The van der Waals surface area contributed by atoms with Crippen molar-refractivity contribution in [1.29, 1.82) is 0 Å². The van der Waals surface area contributed by atoms with Gasteiger partial charge in [0, 0.05) is 0 Å². The molecule has 1 aromatic carbocycles. The Balaban J connectivity index is 1.83. The number of aliphatic hydroxyl groups excluding tert-OH is 2. The van der Waals surface area contributed by atoms with Crippen LogP contribution in [0.1, 0.15) is 12.2 Å². The van der Waals surface area contributed by atoms with Gasteiger partial charge >= 0.3 is 0 Å². The molecule has 0 unspecified atom stereocenters. The number of aliphatic hydroxyl groups is 2. The topological polar surface area (TPSA) is 158 Å². The van der Waals surface area contributed by atoms with Crippen molar-refractivity contribution in [2.24, 2.45) is 0 Å². The molecule has 3 atom stereocenters. The fourth-order valence-electron chi connectivity index (χ4n) is 3.53. The zero-order valence-corrected chi connectivity index (χ0v) is 18.9. The van der Waals surface area contributed by atoms with Crippen LogP contribution < -0.4 is 14.2 Å². The number of anilines is 1. The quantitative estimate of drug-likeness (QED) is 0.446. The van der Waals surface area contributed by atoms with Crippen molar-refractivity contribution in [3.05, 3.63) is 36.1 Å². The van der Waals surface area contributed by atoms with Crippen LogP contribution in [-0.4, -0.2) is 71.9 Å². The molecule has 4 rings (SSSR count). The normalized spacial score (nSPS) is 21.1. The van der Waals surface area contributed by atoms with E-state index in [0.29, 0.717) is 28.7 Å². The molecular formula is C20H24N4O8S. The van der Waals surface area contributed by atoms with Gasteiger partial charge in [0.2, 0.25) is 21.8 Å². The average molecular weight is 480 g/mol. The van der Waals surface area contributed by atoms with E-state index in [4.69, 9.17) is 18.6 Å². The van der Waals surface area contributed by atoms with E-state index in [2.05, 4.69) is 14.9 Å². The van der Waals surface area contributed by atoms with E-state index in [9.17, 15) is 18.6 Å². The molecule has 3 aromatic rings. The molecule has 1 aliphatic rings. The van der Waals surface area contributed by atoms with Crippen LogP contribution in [-0.2, 0) is 14.8 Å². The van der Waals surface area contributed by atoms with Crippen molar-refractivity contribution < 1.29 is 37.3 Å². The molecule has 0 saturated carbocycles. The van der Waals surface area contributed by atoms with Gasteiger partial charge in [-0.05, 0) is 37.6 Å². The summed E-state index contributed by atoms with van der Waals surface area (Å²) in [6.07, 6.45) is -2.99. The molecule has 1 aliphatic heterocycles. The minimum absolute atomic E-state index is 0.150. The molecule has 13 heteroatoms. The van der Waals surface area contributed by atoms with Crippen LogP contribution in [0.25, 0.3) is 17.3 Å². The van der Waals surface area contributed by atoms with E-state index < -0.39 is 27.7 Å². The van der Waals surface area contributed by atoms with Crippen molar-refractivity contribution >= 4 is 16.0 Å². The zero-order valence-electron chi connectivity index (χ0n) is 18.1. The van der Waals surface area contributed by atoms with Gasteiger partial charge in [-0.15, -0.1) is 10.2 Å². The summed E-state index contributed by atoms with van der Waals surface area (Å²) in [7, 11) is -1.17. The Morgan fingerprint density at radius 3 is 2.39 bits per heavy atom. The lowest BCUT2D eigenvalue weighted by Crippen LogP contribution is -2.46. The van der Waals surface area contributed by atoms with Gasteiger partial charge in [-0.25, -0.2) is 8.42 Å².